The fraction of sp³-hybridized carbons (Fsp3) is 0.269. The molecule has 2 atom stereocenters. The molecule has 0 radical (unpaired) electrons. The number of nitrogens with one attached hydrogen (secondary N) is 1. The first-order valence-corrected chi connectivity index (χ1v) is 12.8. The largest absolute Gasteiger partial charge is 0.323 e. The van der Waals surface area contributed by atoms with Gasteiger partial charge >= 0.3 is 0 Å². The summed E-state index contributed by atoms with van der Waals surface area (Å²) in [6.07, 6.45) is 6.99. The molecule has 0 fully saturated rings. The molecule has 2 unspecified atom stereocenters. The Morgan fingerprint density at radius 3 is 2.75 bits per heavy atom. The first-order chi connectivity index (χ1) is 17.3. The number of hydrogen-bond acceptors (Lipinski definition) is 5. The Bertz CT molecular complexity index is 1510. The Kier molecular flexibility index (Phi) is 6.77. The lowest BCUT2D eigenvalue weighted by Crippen LogP contribution is -2.27. The first kappa shape index (κ1) is 24.4. The van der Waals surface area contributed by atoms with Crippen molar-refractivity contribution in [3.05, 3.63) is 80.7 Å². The maximum Gasteiger partial charge on any atom is 0.254 e. The SMILES string of the molecule is CC1CCCC(n2cnc(-c3cc(Cl)ccc3Br)cc2=O)c2cc(ccn2)-c2c(cnn2C)NC1=O. The van der Waals surface area contributed by atoms with E-state index in [1.807, 2.05) is 32.2 Å². The quantitative estimate of drug-likeness (QED) is 0.347. The molecule has 5 rings (SSSR count). The van der Waals surface area contributed by atoms with Crippen molar-refractivity contribution in [2.24, 2.45) is 13.0 Å². The van der Waals surface area contributed by atoms with Crippen LogP contribution in [0.5, 0.6) is 0 Å². The number of carbonyl (C=O) groups excluding carboxylic acids is 1. The number of anilines is 1. The number of aryl methyl sites for hydroxylation is 1. The molecular weight excluding hydrogens is 544 g/mol. The molecule has 0 saturated carbocycles. The smallest absolute Gasteiger partial charge is 0.254 e. The van der Waals surface area contributed by atoms with Gasteiger partial charge in [0.25, 0.3) is 5.56 Å². The molecule has 0 spiro atoms. The number of aromatic nitrogens is 5. The molecule has 2 bridgehead atoms. The van der Waals surface area contributed by atoms with Gasteiger partial charge in [-0.15, -0.1) is 0 Å². The van der Waals surface area contributed by atoms with Crippen LogP contribution in [0.1, 0.15) is 37.9 Å². The molecule has 4 heterocycles. The highest BCUT2D eigenvalue weighted by molar-refractivity contribution is 9.10. The van der Waals surface area contributed by atoms with Gasteiger partial charge in [-0.2, -0.15) is 5.10 Å². The van der Waals surface area contributed by atoms with E-state index in [1.54, 1.807) is 40.1 Å². The van der Waals surface area contributed by atoms with E-state index in [1.165, 1.54) is 6.07 Å². The van der Waals surface area contributed by atoms with Crippen molar-refractivity contribution >= 4 is 39.1 Å². The van der Waals surface area contributed by atoms with Crippen LogP contribution in [0.25, 0.3) is 22.5 Å². The van der Waals surface area contributed by atoms with Crippen LogP contribution in [0.2, 0.25) is 5.02 Å². The van der Waals surface area contributed by atoms with Crippen LogP contribution < -0.4 is 10.9 Å². The summed E-state index contributed by atoms with van der Waals surface area (Å²) >= 11 is 9.69. The van der Waals surface area contributed by atoms with E-state index in [-0.39, 0.29) is 23.4 Å². The average Bonchev–Trinajstić information content (AvgIpc) is 3.22. The molecule has 10 heteroatoms. The zero-order valence-corrected chi connectivity index (χ0v) is 22.1. The molecule has 36 heavy (non-hydrogen) atoms. The van der Waals surface area contributed by atoms with E-state index >= 15 is 0 Å². The fourth-order valence-electron chi connectivity index (χ4n) is 4.57. The number of halogens is 2. The number of amides is 1. The summed E-state index contributed by atoms with van der Waals surface area (Å²) in [4.78, 5) is 35.4. The third-order valence-electron chi connectivity index (χ3n) is 6.53. The molecule has 0 saturated heterocycles. The van der Waals surface area contributed by atoms with E-state index in [2.05, 4.69) is 36.3 Å². The summed E-state index contributed by atoms with van der Waals surface area (Å²) in [7, 11) is 1.83. The van der Waals surface area contributed by atoms with Crippen molar-refractivity contribution in [3.63, 3.8) is 0 Å². The monoisotopic (exact) mass is 566 g/mol. The lowest BCUT2D eigenvalue weighted by molar-refractivity contribution is -0.119. The molecule has 184 valence electrons. The molecule has 1 amide bonds. The van der Waals surface area contributed by atoms with Gasteiger partial charge < -0.3 is 5.32 Å². The summed E-state index contributed by atoms with van der Waals surface area (Å²) in [5, 5.41) is 7.93. The van der Waals surface area contributed by atoms with Crippen molar-refractivity contribution < 1.29 is 4.79 Å². The van der Waals surface area contributed by atoms with Gasteiger partial charge in [0.2, 0.25) is 5.91 Å². The third-order valence-corrected chi connectivity index (χ3v) is 7.46. The van der Waals surface area contributed by atoms with E-state index in [0.29, 0.717) is 29.2 Å². The standard InChI is InChI=1S/C26H24BrClN6O2/c1-15-4-3-5-23(34-14-30-20(12-24(34)35)18-11-17(28)6-7-19(18)27)21-10-16(8-9-29-21)25-22(32-26(15)36)13-31-33(25)2/h6-15,23H,3-5H2,1-2H3,(H,32,36). The highest BCUT2D eigenvalue weighted by Crippen LogP contribution is 2.33. The van der Waals surface area contributed by atoms with Gasteiger partial charge in [0.05, 0.1) is 41.3 Å². The number of fused-ring (bicyclic) bond motifs is 4. The Morgan fingerprint density at radius 1 is 1.11 bits per heavy atom. The van der Waals surface area contributed by atoms with Crippen LogP contribution in [-0.4, -0.2) is 30.2 Å². The van der Waals surface area contributed by atoms with Crippen LogP contribution in [0.3, 0.4) is 0 Å². The van der Waals surface area contributed by atoms with E-state index < -0.39 is 0 Å². The zero-order valence-electron chi connectivity index (χ0n) is 19.8. The molecule has 8 nitrogen and oxygen atoms in total. The van der Waals surface area contributed by atoms with Crippen molar-refractivity contribution in [1.82, 2.24) is 24.3 Å². The lowest BCUT2D eigenvalue weighted by Gasteiger charge is -2.22. The minimum atomic E-state index is -0.340. The molecule has 3 aromatic heterocycles. The minimum absolute atomic E-state index is 0.0501. The van der Waals surface area contributed by atoms with Crippen LogP contribution >= 0.6 is 27.5 Å². The van der Waals surface area contributed by atoms with E-state index in [9.17, 15) is 9.59 Å². The maximum absolute atomic E-state index is 13.4. The topological polar surface area (TPSA) is 94.7 Å². The van der Waals surface area contributed by atoms with Crippen molar-refractivity contribution in [2.75, 3.05) is 5.32 Å². The van der Waals surface area contributed by atoms with Gasteiger partial charge in [0.1, 0.15) is 0 Å². The minimum Gasteiger partial charge on any atom is -0.323 e. The second-order valence-corrected chi connectivity index (χ2v) is 10.3. The van der Waals surface area contributed by atoms with E-state index in [0.717, 1.165) is 33.4 Å². The number of carbonyl (C=O) groups is 1. The molecular formula is C26H24BrClN6O2. The van der Waals surface area contributed by atoms with Gasteiger partial charge in [0, 0.05) is 45.9 Å². The first-order valence-electron chi connectivity index (χ1n) is 11.6. The normalized spacial score (nSPS) is 18.1. The summed E-state index contributed by atoms with van der Waals surface area (Å²) in [5.74, 6) is -0.243. The second-order valence-electron chi connectivity index (χ2n) is 8.98. The fourth-order valence-corrected chi connectivity index (χ4v) is 5.19. The number of rotatable bonds is 2. The summed E-state index contributed by atoms with van der Waals surface area (Å²) in [6, 6.07) is 10.4. The van der Waals surface area contributed by atoms with E-state index in [4.69, 9.17) is 11.6 Å². The highest BCUT2D eigenvalue weighted by atomic mass is 79.9. The predicted octanol–water partition coefficient (Wildman–Crippen LogP) is 5.47. The number of benzene rings is 1. The average molecular weight is 568 g/mol. The summed E-state index contributed by atoms with van der Waals surface area (Å²) < 4.78 is 4.15. The van der Waals surface area contributed by atoms with Crippen LogP contribution in [-0.2, 0) is 11.8 Å². The number of nitrogens with zero attached hydrogens (tertiary/aromatic N) is 5. The lowest BCUT2D eigenvalue weighted by atomic mass is 9.97. The third kappa shape index (κ3) is 4.73. The Morgan fingerprint density at radius 2 is 1.94 bits per heavy atom. The summed E-state index contributed by atoms with van der Waals surface area (Å²) in [6.45, 7) is 1.91. The zero-order chi connectivity index (χ0) is 25.4. The number of pyridine rings is 1. The molecule has 1 aliphatic heterocycles. The van der Waals surface area contributed by atoms with Crippen molar-refractivity contribution in [2.45, 2.75) is 32.2 Å². The Hall–Kier alpha value is -3.30. The van der Waals surface area contributed by atoms with Crippen LogP contribution in [0.4, 0.5) is 5.69 Å². The maximum atomic E-state index is 13.4. The highest BCUT2D eigenvalue weighted by Gasteiger charge is 2.24. The molecule has 4 aromatic rings. The Labute approximate surface area is 221 Å². The predicted molar refractivity (Wildman–Crippen MR) is 143 cm³/mol. The van der Waals surface area contributed by atoms with Crippen LogP contribution in [0, 0.1) is 5.92 Å². The Balaban J connectivity index is 1.60. The molecule has 1 N–H and O–H groups in total. The van der Waals surface area contributed by atoms with Crippen LogP contribution in [0.15, 0.2) is 64.4 Å². The van der Waals surface area contributed by atoms with Crippen molar-refractivity contribution in [1.29, 1.82) is 0 Å². The van der Waals surface area contributed by atoms with Gasteiger partial charge in [-0.3, -0.25) is 23.8 Å². The van der Waals surface area contributed by atoms with Gasteiger partial charge in [-0.1, -0.05) is 40.9 Å². The second kappa shape index (κ2) is 9.99. The summed E-state index contributed by atoms with van der Waals surface area (Å²) in [5.41, 5.74) is 4.13. The number of hydrogen-bond donors (Lipinski definition) is 1. The van der Waals surface area contributed by atoms with Crippen molar-refractivity contribution in [3.8, 4) is 22.5 Å². The van der Waals surface area contributed by atoms with Gasteiger partial charge in [-0.25, -0.2) is 4.98 Å². The molecule has 1 aromatic carbocycles. The molecule has 1 aliphatic rings. The van der Waals surface area contributed by atoms with Gasteiger partial charge in [0.15, 0.2) is 0 Å². The molecule has 0 aliphatic carbocycles. The van der Waals surface area contributed by atoms with Gasteiger partial charge in [-0.05, 0) is 43.2 Å².